The molecular weight excluding hydrogens is 250 g/mol. The van der Waals surface area contributed by atoms with Crippen molar-refractivity contribution in [3.63, 3.8) is 0 Å². The van der Waals surface area contributed by atoms with Gasteiger partial charge >= 0.3 is 0 Å². The highest BCUT2D eigenvalue weighted by Crippen LogP contribution is 2.21. The second-order valence-corrected chi connectivity index (χ2v) is 4.83. The molecule has 0 fully saturated rings. The van der Waals surface area contributed by atoms with Crippen molar-refractivity contribution >= 4 is 10.9 Å². The first-order chi connectivity index (χ1) is 9.67. The van der Waals surface area contributed by atoms with Crippen molar-refractivity contribution in [3.8, 4) is 17.0 Å². The van der Waals surface area contributed by atoms with Gasteiger partial charge in [-0.1, -0.05) is 23.8 Å². The minimum absolute atomic E-state index is 0.00541. The van der Waals surface area contributed by atoms with Gasteiger partial charge in [0.1, 0.15) is 5.75 Å². The molecule has 20 heavy (non-hydrogen) atoms. The SMILES string of the molecule is COc1ccc2[nH]c(-c3cccc(C)c3)cc(=O)c2c1. The van der Waals surface area contributed by atoms with Crippen molar-refractivity contribution in [2.75, 3.05) is 7.11 Å². The number of benzene rings is 2. The Balaban J connectivity index is 2.22. The zero-order valence-corrected chi connectivity index (χ0v) is 11.4. The van der Waals surface area contributed by atoms with Crippen molar-refractivity contribution < 1.29 is 4.74 Å². The normalized spacial score (nSPS) is 10.7. The van der Waals surface area contributed by atoms with Crippen LogP contribution < -0.4 is 10.2 Å². The Morgan fingerprint density at radius 2 is 1.90 bits per heavy atom. The van der Waals surface area contributed by atoms with Crippen molar-refractivity contribution in [2.24, 2.45) is 0 Å². The van der Waals surface area contributed by atoms with Gasteiger partial charge in [0.25, 0.3) is 0 Å². The van der Waals surface area contributed by atoms with Crippen molar-refractivity contribution in [3.05, 3.63) is 64.3 Å². The van der Waals surface area contributed by atoms with Gasteiger partial charge in [0.05, 0.1) is 7.11 Å². The molecule has 3 aromatic rings. The van der Waals surface area contributed by atoms with Gasteiger partial charge in [-0.3, -0.25) is 4.79 Å². The van der Waals surface area contributed by atoms with Gasteiger partial charge in [-0.15, -0.1) is 0 Å². The molecule has 1 N–H and O–H groups in total. The van der Waals surface area contributed by atoms with Crippen molar-refractivity contribution in [2.45, 2.75) is 6.92 Å². The van der Waals surface area contributed by atoms with Crippen LogP contribution in [0.5, 0.6) is 5.75 Å². The number of aromatic amines is 1. The summed E-state index contributed by atoms with van der Waals surface area (Å²) in [5, 5.41) is 0.640. The predicted octanol–water partition coefficient (Wildman–Crippen LogP) is 3.51. The van der Waals surface area contributed by atoms with E-state index in [1.807, 2.05) is 37.3 Å². The zero-order valence-electron chi connectivity index (χ0n) is 11.4. The smallest absolute Gasteiger partial charge is 0.190 e. The molecule has 0 bridgehead atoms. The van der Waals surface area contributed by atoms with Crippen LogP contribution in [0.1, 0.15) is 5.56 Å². The molecule has 3 heteroatoms. The number of nitrogens with one attached hydrogen (secondary N) is 1. The van der Waals surface area contributed by atoms with E-state index in [0.717, 1.165) is 22.3 Å². The quantitative estimate of drug-likeness (QED) is 0.770. The monoisotopic (exact) mass is 265 g/mol. The Morgan fingerprint density at radius 1 is 1.05 bits per heavy atom. The molecular formula is C17H15NO2. The van der Waals surface area contributed by atoms with Crippen LogP contribution in [0.25, 0.3) is 22.2 Å². The summed E-state index contributed by atoms with van der Waals surface area (Å²) in [5.74, 6) is 0.686. The second kappa shape index (κ2) is 4.85. The molecule has 1 heterocycles. The van der Waals surface area contributed by atoms with Crippen LogP contribution in [0.2, 0.25) is 0 Å². The maximum atomic E-state index is 12.3. The van der Waals surface area contributed by atoms with E-state index in [0.29, 0.717) is 11.1 Å². The largest absolute Gasteiger partial charge is 0.497 e. The molecule has 0 aliphatic carbocycles. The fourth-order valence-electron chi connectivity index (χ4n) is 2.32. The summed E-state index contributed by atoms with van der Waals surface area (Å²) in [6, 6.07) is 15.2. The maximum Gasteiger partial charge on any atom is 0.190 e. The summed E-state index contributed by atoms with van der Waals surface area (Å²) in [5.41, 5.74) is 3.82. The van der Waals surface area contributed by atoms with Gasteiger partial charge in [-0.2, -0.15) is 0 Å². The fourth-order valence-corrected chi connectivity index (χ4v) is 2.32. The molecule has 2 aromatic carbocycles. The van der Waals surface area contributed by atoms with Crippen LogP contribution in [0, 0.1) is 6.92 Å². The molecule has 1 aromatic heterocycles. The number of rotatable bonds is 2. The molecule has 0 aliphatic heterocycles. The number of hydrogen-bond acceptors (Lipinski definition) is 2. The maximum absolute atomic E-state index is 12.3. The van der Waals surface area contributed by atoms with Crippen LogP contribution >= 0.6 is 0 Å². The summed E-state index contributed by atoms with van der Waals surface area (Å²) >= 11 is 0. The molecule has 100 valence electrons. The molecule has 0 unspecified atom stereocenters. The summed E-state index contributed by atoms with van der Waals surface area (Å²) in [4.78, 5) is 15.6. The van der Waals surface area contributed by atoms with E-state index in [2.05, 4.69) is 11.1 Å². The molecule has 0 saturated carbocycles. The molecule has 3 rings (SSSR count). The van der Waals surface area contributed by atoms with Gasteiger partial charge in [0.15, 0.2) is 5.43 Å². The van der Waals surface area contributed by atoms with Gasteiger partial charge in [-0.25, -0.2) is 0 Å². The highest BCUT2D eigenvalue weighted by atomic mass is 16.5. The topological polar surface area (TPSA) is 42.1 Å². The molecule has 0 atom stereocenters. The standard InChI is InChI=1S/C17H15NO2/c1-11-4-3-5-12(8-11)16-10-17(19)14-9-13(20-2)6-7-15(14)18-16/h3-10H,1-2H3,(H,18,19). The number of fused-ring (bicyclic) bond motifs is 1. The van der Waals surface area contributed by atoms with Gasteiger partial charge in [-0.05, 0) is 36.8 Å². The minimum Gasteiger partial charge on any atom is -0.497 e. The van der Waals surface area contributed by atoms with E-state index in [1.165, 1.54) is 0 Å². The Morgan fingerprint density at radius 3 is 2.65 bits per heavy atom. The number of hydrogen-bond donors (Lipinski definition) is 1. The number of pyridine rings is 1. The van der Waals surface area contributed by atoms with E-state index in [9.17, 15) is 4.79 Å². The first kappa shape index (κ1) is 12.5. The molecule has 0 amide bonds. The van der Waals surface area contributed by atoms with E-state index in [4.69, 9.17) is 4.74 Å². The lowest BCUT2D eigenvalue weighted by molar-refractivity contribution is 0.415. The lowest BCUT2D eigenvalue weighted by Crippen LogP contribution is -2.03. The Hall–Kier alpha value is -2.55. The van der Waals surface area contributed by atoms with Crippen LogP contribution in [-0.4, -0.2) is 12.1 Å². The number of H-pyrrole nitrogens is 1. The third-order valence-electron chi connectivity index (χ3n) is 3.37. The lowest BCUT2D eigenvalue weighted by atomic mass is 10.1. The first-order valence-electron chi connectivity index (χ1n) is 6.45. The highest BCUT2D eigenvalue weighted by molar-refractivity contribution is 5.82. The third-order valence-corrected chi connectivity index (χ3v) is 3.37. The van der Waals surface area contributed by atoms with Crippen LogP contribution in [0.15, 0.2) is 53.3 Å². The van der Waals surface area contributed by atoms with E-state index >= 15 is 0 Å². The minimum atomic E-state index is -0.00541. The summed E-state index contributed by atoms with van der Waals surface area (Å²) in [6.45, 7) is 2.04. The Labute approximate surface area is 116 Å². The van der Waals surface area contributed by atoms with Crippen LogP contribution in [0.4, 0.5) is 0 Å². The Kier molecular flexibility index (Phi) is 3.03. The average molecular weight is 265 g/mol. The van der Waals surface area contributed by atoms with Gasteiger partial charge < -0.3 is 9.72 Å². The van der Waals surface area contributed by atoms with E-state index in [1.54, 1.807) is 19.2 Å². The van der Waals surface area contributed by atoms with Crippen molar-refractivity contribution in [1.82, 2.24) is 4.98 Å². The first-order valence-corrected chi connectivity index (χ1v) is 6.45. The number of aryl methyl sites for hydroxylation is 1. The van der Waals surface area contributed by atoms with Gasteiger partial charge in [0, 0.05) is 22.7 Å². The molecule has 0 spiro atoms. The second-order valence-electron chi connectivity index (χ2n) is 4.83. The molecule has 3 nitrogen and oxygen atoms in total. The fraction of sp³-hybridized carbons (Fsp3) is 0.118. The predicted molar refractivity (Wildman–Crippen MR) is 81.3 cm³/mol. The number of ether oxygens (including phenoxy) is 1. The van der Waals surface area contributed by atoms with Gasteiger partial charge in [0.2, 0.25) is 0 Å². The third kappa shape index (κ3) is 2.18. The Bertz CT molecular complexity index is 834. The summed E-state index contributed by atoms with van der Waals surface area (Å²) in [7, 11) is 1.59. The van der Waals surface area contributed by atoms with E-state index < -0.39 is 0 Å². The van der Waals surface area contributed by atoms with E-state index in [-0.39, 0.29) is 5.43 Å². The lowest BCUT2D eigenvalue weighted by Gasteiger charge is -2.07. The average Bonchev–Trinajstić information content (AvgIpc) is 2.47. The summed E-state index contributed by atoms with van der Waals surface area (Å²) < 4.78 is 5.16. The molecule has 0 radical (unpaired) electrons. The highest BCUT2D eigenvalue weighted by Gasteiger charge is 2.05. The zero-order chi connectivity index (χ0) is 14.1. The number of methoxy groups -OCH3 is 1. The number of aromatic nitrogens is 1. The van der Waals surface area contributed by atoms with Crippen LogP contribution in [0.3, 0.4) is 0 Å². The summed E-state index contributed by atoms with van der Waals surface area (Å²) in [6.07, 6.45) is 0. The van der Waals surface area contributed by atoms with Crippen LogP contribution in [-0.2, 0) is 0 Å². The molecule has 0 saturated heterocycles. The molecule has 0 aliphatic rings. The van der Waals surface area contributed by atoms with Crippen molar-refractivity contribution in [1.29, 1.82) is 0 Å².